The van der Waals surface area contributed by atoms with Crippen molar-refractivity contribution in [3.8, 4) is 0 Å². The maximum absolute atomic E-state index is 4.38. The van der Waals surface area contributed by atoms with Gasteiger partial charge in [-0.1, -0.05) is 0 Å². The molecule has 0 aliphatic heterocycles. The maximum atomic E-state index is 4.38. The van der Waals surface area contributed by atoms with Crippen molar-refractivity contribution in [2.45, 2.75) is 32.0 Å². The Morgan fingerprint density at radius 2 is 2.24 bits per heavy atom. The summed E-state index contributed by atoms with van der Waals surface area (Å²) in [6.07, 6.45) is 8.99. The standard InChI is InChI=1S/C13H18N4/c1-16-6-5-13(15-16)10-17-7-4-11(9-17)8-14-12-2-3-12/h4-7,9,12,14H,2-3,8,10H2,1H3. The van der Waals surface area contributed by atoms with E-state index in [0.29, 0.717) is 0 Å². The second kappa shape index (κ2) is 4.37. The number of rotatable bonds is 5. The molecule has 1 N–H and O–H groups in total. The summed E-state index contributed by atoms with van der Waals surface area (Å²) in [6.45, 7) is 1.84. The molecule has 0 radical (unpaired) electrons. The van der Waals surface area contributed by atoms with E-state index >= 15 is 0 Å². The summed E-state index contributed by atoms with van der Waals surface area (Å²) in [5.41, 5.74) is 2.46. The molecule has 2 aromatic heterocycles. The maximum Gasteiger partial charge on any atom is 0.0821 e. The van der Waals surface area contributed by atoms with Gasteiger partial charge in [-0.15, -0.1) is 0 Å². The highest BCUT2D eigenvalue weighted by atomic mass is 15.3. The van der Waals surface area contributed by atoms with Gasteiger partial charge in [0.1, 0.15) is 0 Å². The highest BCUT2D eigenvalue weighted by molar-refractivity contribution is 5.12. The normalized spacial score (nSPS) is 15.4. The van der Waals surface area contributed by atoms with Crippen LogP contribution < -0.4 is 5.32 Å². The van der Waals surface area contributed by atoms with Crippen molar-refractivity contribution in [3.63, 3.8) is 0 Å². The van der Waals surface area contributed by atoms with Crippen molar-refractivity contribution in [1.29, 1.82) is 0 Å². The second-order valence-corrected chi connectivity index (χ2v) is 4.83. The number of aromatic nitrogens is 3. The predicted molar refractivity (Wildman–Crippen MR) is 66.6 cm³/mol. The molecule has 0 spiro atoms. The van der Waals surface area contributed by atoms with E-state index in [9.17, 15) is 0 Å². The van der Waals surface area contributed by atoms with Gasteiger partial charge in [-0.2, -0.15) is 5.10 Å². The molecule has 4 nitrogen and oxygen atoms in total. The summed E-state index contributed by atoms with van der Waals surface area (Å²) in [5, 5.41) is 7.90. The molecule has 0 amide bonds. The van der Waals surface area contributed by atoms with Gasteiger partial charge in [0.25, 0.3) is 0 Å². The zero-order chi connectivity index (χ0) is 11.7. The Bertz CT molecular complexity index is 493. The summed E-state index contributed by atoms with van der Waals surface area (Å²) in [6, 6.07) is 5.01. The van der Waals surface area contributed by atoms with E-state index in [-0.39, 0.29) is 0 Å². The number of aryl methyl sites for hydroxylation is 1. The van der Waals surface area contributed by atoms with E-state index < -0.39 is 0 Å². The molecule has 90 valence electrons. The van der Waals surface area contributed by atoms with Crippen LogP contribution in [0.3, 0.4) is 0 Å². The first kappa shape index (κ1) is 10.6. The molecular formula is C13H18N4. The van der Waals surface area contributed by atoms with Gasteiger partial charge in [0.2, 0.25) is 0 Å². The molecule has 1 fully saturated rings. The fraction of sp³-hybridized carbons (Fsp3) is 0.462. The molecule has 1 aliphatic carbocycles. The second-order valence-electron chi connectivity index (χ2n) is 4.83. The largest absolute Gasteiger partial charge is 0.348 e. The van der Waals surface area contributed by atoms with Crippen LogP contribution in [-0.4, -0.2) is 20.4 Å². The van der Waals surface area contributed by atoms with E-state index in [0.717, 1.165) is 24.8 Å². The van der Waals surface area contributed by atoms with Crippen LogP contribution in [0.25, 0.3) is 0 Å². The molecular weight excluding hydrogens is 212 g/mol. The number of nitrogens with one attached hydrogen (secondary N) is 1. The summed E-state index contributed by atoms with van der Waals surface area (Å²) < 4.78 is 4.03. The lowest BCUT2D eigenvalue weighted by Crippen LogP contribution is -2.14. The third kappa shape index (κ3) is 2.77. The van der Waals surface area contributed by atoms with E-state index in [2.05, 4.69) is 39.5 Å². The van der Waals surface area contributed by atoms with E-state index in [1.165, 1.54) is 18.4 Å². The lowest BCUT2D eigenvalue weighted by atomic mass is 10.3. The molecule has 0 saturated heterocycles. The van der Waals surface area contributed by atoms with Gasteiger partial charge < -0.3 is 9.88 Å². The van der Waals surface area contributed by atoms with Gasteiger partial charge in [-0.05, 0) is 30.5 Å². The molecule has 4 heteroatoms. The van der Waals surface area contributed by atoms with Gasteiger partial charge in [0.05, 0.1) is 12.2 Å². The van der Waals surface area contributed by atoms with Crippen LogP contribution in [0.2, 0.25) is 0 Å². The van der Waals surface area contributed by atoms with Crippen molar-refractivity contribution < 1.29 is 0 Å². The van der Waals surface area contributed by atoms with E-state index in [4.69, 9.17) is 0 Å². The summed E-state index contributed by atoms with van der Waals surface area (Å²) >= 11 is 0. The molecule has 0 aromatic carbocycles. The molecule has 2 heterocycles. The van der Waals surface area contributed by atoms with Crippen molar-refractivity contribution in [1.82, 2.24) is 19.7 Å². The van der Waals surface area contributed by atoms with Crippen molar-refractivity contribution >= 4 is 0 Å². The van der Waals surface area contributed by atoms with Crippen LogP contribution in [0.15, 0.2) is 30.7 Å². The molecule has 1 aliphatic rings. The number of hydrogen-bond acceptors (Lipinski definition) is 2. The molecule has 2 aromatic rings. The predicted octanol–water partition coefficient (Wildman–Crippen LogP) is 1.52. The van der Waals surface area contributed by atoms with Gasteiger partial charge in [0, 0.05) is 38.2 Å². The third-order valence-electron chi connectivity index (χ3n) is 3.10. The molecule has 0 bridgehead atoms. The third-order valence-corrected chi connectivity index (χ3v) is 3.10. The van der Waals surface area contributed by atoms with Crippen LogP contribution >= 0.6 is 0 Å². The smallest absolute Gasteiger partial charge is 0.0821 e. The van der Waals surface area contributed by atoms with Crippen LogP contribution in [-0.2, 0) is 20.1 Å². The zero-order valence-corrected chi connectivity index (χ0v) is 10.1. The average Bonchev–Trinajstić information content (AvgIpc) is 2.90. The topological polar surface area (TPSA) is 34.8 Å². The molecule has 17 heavy (non-hydrogen) atoms. The van der Waals surface area contributed by atoms with E-state index in [1.807, 2.05) is 17.9 Å². The molecule has 1 saturated carbocycles. The van der Waals surface area contributed by atoms with Gasteiger partial charge in [0.15, 0.2) is 0 Å². The van der Waals surface area contributed by atoms with Crippen molar-refractivity contribution in [2.75, 3.05) is 0 Å². The summed E-state index contributed by atoms with van der Waals surface area (Å²) in [4.78, 5) is 0. The van der Waals surface area contributed by atoms with E-state index in [1.54, 1.807) is 0 Å². The van der Waals surface area contributed by atoms with Crippen LogP contribution in [0.5, 0.6) is 0 Å². The Kier molecular flexibility index (Phi) is 2.73. The Morgan fingerprint density at radius 1 is 1.35 bits per heavy atom. The average molecular weight is 230 g/mol. The van der Waals surface area contributed by atoms with Crippen LogP contribution in [0, 0.1) is 0 Å². The van der Waals surface area contributed by atoms with Gasteiger partial charge in [-0.25, -0.2) is 0 Å². The quantitative estimate of drug-likeness (QED) is 0.845. The fourth-order valence-electron chi connectivity index (χ4n) is 1.98. The highest BCUT2D eigenvalue weighted by Crippen LogP contribution is 2.19. The Labute approximate surface area is 101 Å². The van der Waals surface area contributed by atoms with Crippen molar-refractivity contribution in [2.24, 2.45) is 7.05 Å². The minimum absolute atomic E-state index is 0.772. The molecule has 3 rings (SSSR count). The Balaban J connectivity index is 1.59. The Hall–Kier alpha value is -1.55. The SMILES string of the molecule is Cn1ccc(Cn2ccc(CNC3CC3)c2)n1. The minimum Gasteiger partial charge on any atom is -0.348 e. The van der Waals surface area contributed by atoms with Crippen molar-refractivity contribution in [3.05, 3.63) is 42.0 Å². The lowest BCUT2D eigenvalue weighted by molar-refractivity contribution is 0.681. The molecule has 0 atom stereocenters. The zero-order valence-electron chi connectivity index (χ0n) is 10.1. The minimum atomic E-state index is 0.772. The molecule has 0 unspecified atom stereocenters. The summed E-state index contributed by atoms with van der Waals surface area (Å²) in [5.74, 6) is 0. The van der Waals surface area contributed by atoms with Gasteiger partial charge in [-0.3, -0.25) is 4.68 Å². The first-order valence-electron chi connectivity index (χ1n) is 6.16. The van der Waals surface area contributed by atoms with Gasteiger partial charge >= 0.3 is 0 Å². The van der Waals surface area contributed by atoms with Crippen LogP contribution in [0.1, 0.15) is 24.1 Å². The summed E-state index contributed by atoms with van der Waals surface area (Å²) in [7, 11) is 1.95. The Morgan fingerprint density at radius 3 is 2.94 bits per heavy atom. The monoisotopic (exact) mass is 230 g/mol. The lowest BCUT2D eigenvalue weighted by Gasteiger charge is -2.00. The number of hydrogen-bond donors (Lipinski definition) is 1. The highest BCUT2D eigenvalue weighted by Gasteiger charge is 2.19. The fourth-order valence-corrected chi connectivity index (χ4v) is 1.98. The first-order chi connectivity index (χ1) is 8.29. The first-order valence-corrected chi connectivity index (χ1v) is 6.16. The number of nitrogens with zero attached hydrogens (tertiary/aromatic N) is 3. The van der Waals surface area contributed by atoms with Crippen LogP contribution in [0.4, 0.5) is 0 Å².